The third-order valence-electron chi connectivity index (χ3n) is 2.70. The van der Waals surface area contributed by atoms with Crippen molar-refractivity contribution in [1.29, 1.82) is 0 Å². The quantitative estimate of drug-likeness (QED) is 0.719. The van der Waals surface area contributed by atoms with Gasteiger partial charge in [-0.25, -0.2) is 0 Å². The van der Waals surface area contributed by atoms with Crippen LogP contribution in [-0.2, 0) is 19.0 Å². The zero-order valence-electron chi connectivity index (χ0n) is 10.2. The maximum atomic E-state index is 11.9. The second kappa shape index (κ2) is 6.94. The lowest BCUT2D eigenvalue weighted by Crippen LogP contribution is -2.30. The number of alkyl halides is 3. The minimum absolute atomic E-state index is 0.208. The number of esters is 1. The number of halogens is 3. The van der Waals surface area contributed by atoms with Gasteiger partial charge in [-0.05, 0) is 25.2 Å². The highest BCUT2D eigenvalue weighted by atomic mass is 19.4. The van der Waals surface area contributed by atoms with Crippen molar-refractivity contribution in [3.63, 3.8) is 0 Å². The number of hydrogen-bond acceptors (Lipinski definition) is 4. The SMILES string of the molecule is CC(=O)OC(COC(F)(F)F)CC1CCOCC1. The lowest BCUT2D eigenvalue weighted by molar-refractivity contribution is -0.331. The average Bonchev–Trinajstić information content (AvgIpc) is 2.25. The van der Waals surface area contributed by atoms with E-state index in [0.29, 0.717) is 19.6 Å². The fourth-order valence-corrected chi connectivity index (χ4v) is 1.93. The van der Waals surface area contributed by atoms with Gasteiger partial charge in [0.05, 0.1) is 6.61 Å². The first-order chi connectivity index (χ1) is 8.37. The molecule has 0 aromatic heterocycles. The fourth-order valence-electron chi connectivity index (χ4n) is 1.93. The molecule has 0 spiro atoms. The second-order valence-corrected chi connectivity index (χ2v) is 4.28. The van der Waals surface area contributed by atoms with Gasteiger partial charge >= 0.3 is 12.3 Å². The Morgan fingerprint density at radius 2 is 2.00 bits per heavy atom. The average molecular weight is 270 g/mol. The first-order valence-electron chi connectivity index (χ1n) is 5.82. The molecule has 0 aromatic carbocycles. The summed E-state index contributed by atoms with van der Waals surface area (Å²) in [4.78, 5) is 10.8. The molecule has 1 rings (SSSR count). The van der Waals surface area contributed by atoms with Gasteiger partial charge < -0.3 is 9.47 Å². The molecule has 0 radical (unpaired) electrons. The molecule has 1 aliphatic rings. The molecule has 0 saturated carbocycles. The summed E-state index contributed by atoms with van der Waals surface area (Å²) in [6.45, 7) is 1.71. The molecule has 106 valence electrons. The molecular weight excluding hydrogens is 253 g/mol. The molecule has 0 aliphatic carbocycles. The van der Waals surface area contributed by atoms with Crippen LogP contribution in [0.4, 0.5) is 13.2 Å². The molecule has 7 heteroatoms. The highest BCUT2D eigenvalue weighted by molar-refractivity contribution is 5.66. The van der Waals surface area contributed by atoms with Crippen LogP contribution in [-0.4, -0.2) is 38.3 Å². The third-order valence-corrected chi connectivity index (χ3v) is 2.70. The Morgan fingerprint density at radius 1 is 1.39 bits per heavy atom. The topological polar surface area (TPSA) is 44.8 Å². The van der Waals surface area contributed by atoms with E-state index in [4.69, 9.17) is 9.47 Å². The molecule has 0 bridgehead atoms. The van der Waals surface area contributed by atoms with Gasteiger partial charge in [0.2, 0.25) is 0 Å². The Morgan fingerprint density at radius 3 is 2.50 bits per heavy atom. The van der Waals surface area contributed by atoms with Crippen molar-refractivity contribution in [1.82, 2.24) is 0 Å². The predicted molar refractivity (Wildman–Crippen MR) is 55.7 cm³/mol. The van der Waals surface area contributed by atoms with Crippen molar-refractivity contribution in [2.45, 2.75) is 38.7 Å². The van der Waals surface area contributed by atoms with E-state index in [1.54, 1.807) is 0 Å². The normalized spacial score (nSPS) is 19.6. The van der Waals surface area contributed by atoms with Crippen LogP contribution >= 0.6 is 0 Å². The summed E-state index contributed by atoms with van der Waals surface area (Å²) < 4.78 is 49.6. The van der Waals surface area contributed by atoms with Crippen LogP contribution < -0.4 is 0 Å². The van der Waals surface area contributed by atoms with E-state index < -0.39 is 25.0 Å². The second-order valence-electron chi connectivity index (χ2n) is 4.28. The minimum Gasteiger partial charge on any atom is -0.460 e. The van der Waals surface area contributed by atoms with E-state index in [2.05, 4.69) is 4.74 Å². The van der Waals surface area contributed by atoms with Crippen LogP contribution in [0.2, 0.25) is 0 Å². The van der Waals surface area contributed by atoms with Crippen molar-refractivity contribution in [2.75, 3.05) is 19.8 Å². The summed E-state index contributed by atoms with van der Waals surface area (Å²) in [6, 6.07) is 0. The zero-order valence-corrected chi connectivity index (χ0v) is 10.2. The fraction of sp³-hybridized carbons (Fsp3) is 0.909. The van der Waals surface area contributed by atoms with Crippen LogP contribution in [0.5, 0.6) is 0 Å². The molecule has 1 unspecified atom stereocenters. The molecule has 1 fully saturated rings. The summed E-state index contributed by atoms with van der Waals surface area (Å²) in [5.74, 6) is -0.391. The molecule has 1 saturated heterocycles. The Balaban J connectivity index is 2.41. The van der Waals surface area contributed by atoms with Crippen molar-refractivity contribution in [3.05, 3.63) is 0 Å². The summed E-state index contributed by atoms with van der Waals surface area (Å²) in [5, 5.41) is 0. The molecule has 0 aromatic rings. The predicted octanol–water partition coefficient (Wildman–Crippen LogP) is 2.27. The maximum absolute atomic E-state index is 11.9. The van der Waals surface area contributed by atoms with E-state index in [0.717, 1.165) is 12.8 Å². The molecule has 4 nitrogen and oxygen atoms in total. The van der Waals surface area contributed by atoms with Crippen LogP contribution in [0.1, 0.15) is 26.2 Å². The molecule has 0 N–H and O–H groups in total. The van der Waals surface area contributed by atoms with Gasteiger partial charge in [-0.2, -0.15) is 0 Å². The van der Waals surface area contributed by atoms with Gasteiger partial charge in [-0.3, -0.25) is 9.53 Å². The van der Waals surface area contributed by atoms with Crippen molar-refractivity contribution < 1.29 is 32.2 Å². The van der Waals surface area contributed by atoms with Crippen molar-refractivity contribution >= 4 is 5.97 Å². The molecule has 1 heterocycles. The van der Waals surface area contributed by atoms with Gasteiger partial charge in [-0.15, -0.1) is 13.2 Å². The largest absolute Gasteiger partial charge is 0.522 e. The van der Waals surface area contributed by atoms with Gasteiger partial charge in [0.25, 0.3) is 0 Å². The lowest BCUT2D eigenvalue weighted by Gasteiger charge is -2.26. The first-order valence-corrected chi connectivity index (χ1v) is 5.82. The smallest absolute Gasteiger partial charge is 0.460 e. The van der Waals surface area contributed by atoms with E-state index in [1.165, 1.54) is 6.92 Å². The molecular formula is C11H17F3O4. The highest BCUT2D eigenvalue weighted by Gasteiger charge is 2.32. The summed E-state index contributed by atoms with van der Waals surface area (Å²) >= 11 is 0. The Bertz CT molecular complexity index is 262. The van der Waals surface area contributed by atoms with Crippen LogP contribution in [0.15, 0.2) is 0 Å². The highest BCUT2D eigenvalue weighted by Crippen LogP contribution is 2.23. The van der Waals surface area contributed by atoms with Gasteiger partial charge in [0.15, 0.2) is 0 Å². The number of carbonyl (C=O) groups is 1. The third kappa shape index (κ3) is 6.80. The number of hydrogen-bond donors (Lipinski definition) is 0. The van der Waals surface area contributed by atoms with Gasteiger partial charge in [0.1, 0.15) is 6.10 Å². The molecule has 1 atom stereocenters. The first kappa shape index (κ1) is 15.2. The van der Waals surface area contributed by atoms with Crippen molar-refractivity contribution in [2.24, 2.45) is 5.92 Å². The molecule has 0 amide bonds. The van der Waals surface area contributed by atoms with Crippen molar-refractivity contribution in [3.8, 4) is 0 Å². The lowest BCUT2D eigenvalue weighted by atomic mass is 9.94. The summed E-state index contributed by atoms with van der Waals surface area (Å²) in [6.07, 6.45) is -3.65. The van der Waals surface area contributed by atoms with Gasteiger partial charge in [0, 0.05) is 20.1 Å². The number of rotatable bonds is 5. The Hall–Kier alpha value is -0.820. The molecule has 1 aliphatic heterocycles. The standard InChI is InChI=1S/C11H17F3O4/c1-8(15)18-10(7-17-11(12,13)14)6-9-2-4-16-5-3-9/h9-10H,2-7H2,1H3. The molecule has 18 heavy (non-hydrogen) atoms. The summed E-state index contributed by atoms with van der Waals surface area (Å²) in [5.41, 5.74) is 0. The monoisotopic (exact) mass is 270 g/mol. The Kier molecular flexibility index (Phi) is 5.87. The zero-order chi connectivity index (χ0) is 13.6. The number of carbonyl (C=O) groups excluding carboxylic acids is 1. The van der Waals surface area contributed by atoms with E-state index in [9.17, 15) is 18.0 Å². The summed E-state index contributed by atoms with van der Waals surface area (Å²) in [7, 11) is 0. The van der Waals surface area contributed by atoms with Crippen LogP contribution in [0.3, 0.4) is 0 Å². The maximum Gasteiger partial charge on any atom is 0.522 e. The van der Waals surface area contributed by atoms with Gasteiger partial charge in [-0.1, -0.05) is 0 Å². The van der Waals surface area contributed by atoms with Crippen LogP contribution in [0, 0.1) is 5.92 Å². The Labute approximate surface area is 103 Å². The van der Waals surface area contributed by atoms with E-state index in [1.807, 2.05) is 0 Å². The van der Waals surface area contributed by atoms with E-state index >= 15 is 0 Å². The minimum atomic E-state index is -4.70. The van der Waals surface area contributed by atoms with Crippen LogP contribution in [0.25, 0.3) is 0 Å². The number of ether oxygens (including phenoxy) is 3. The van der Waals surface area contributed by atoms with E-state index in [-0.39, 0.29) is 5.92 Å².